The molecule has 1 nitrogen and oxygen atoms in total. The summed E-state index contributed by atoms with van der Waals surface area (Å²) in [7, 11) is -1.40. The van der Waals surface area contributed by atoms with E-state index in [0.29, 0.717) is 0 Å². The minimum atomic E-state index is -1.40. The van der Waals surface area contributed by atoms with Crippen LogP contribution in [0, 0.1) is 0 Å². The molecular weight excluding hydrogens is 259 g/mol. The van der Waals surface area contributed by atoms with Crippen LogP contribution in [0.25, 0.3) is 0 Å². The van der Waals surface area contributed by atoms with Gasteiger partial charge in [-0.1, -0.05) is 0 Å². The summed E-state index contributed by atoms with van der Waals surface area (Å²) in [5, 5.41) is 9.01. The van der Waals surface area contributed by atoms with E-state index in [-0.39, 0.29) is 23.6 Å². The maximum atomic E-state index is 9.01. The van der Waals surface area contributed by atoms with Gasteiger partial charge in [-0.3, -0.25) is 0 Å². The first-order chi connectivity index (χ1) is 6.24. The molecule has 0 bridgehead atoms. The fraction of sp³-hybridized carbons (Fsp3) is 0.455. The van der Waals surface area contributed by atoms with Gasteiger partial charge < -0.3 is 0 Å². The number of halogens is 1. The van der Waals surface area contributed by atoms with Gasteiger partial charge in [0.05, 0.1) is 0 Å². The zero-order valence-electron chi connectivity index (χ0n) is 8.74. The molecule has 3 heteroatoms. The Morgan fingerprint density at radius 1 is 0.929 bits per heavy atom. The topological polar surface area (TPSA) is 20.2 Å². The summed E-state index contributed by atoms with van der Waals surface area (Å²) in [6.45, 7) is 11.6. The molecule has 0 rings (SSSR count). The van der Waals surface area contributed by atoms with E-state index < -0.39 is 7.26 Å². The zero-order chi connectivity index (χ0) is 10.2. The number of allylic oxidation sites excluding steroid dienone is 3. The van der Waals surface area contributed by atoms with Gasteiger partial charge in [-0.05, 0) is 0 Å². The van der Waals surface area contributed by atoms with Crippen molar-refractivity contribution in [2.45, 2.75) is 0 Å². The second-order valence-electron chi connectivity index (χ2n) is 3.45. The molecule has 0 aliphatic carbocycles. The van der Waals surface area contributed by atoms with Crippen LogP contribution in [-0.2, 0) is 0 Å². The summed E-state index contributed by atoms with van der Waals surface area (Å²) in [5.41, 5.74) is 0. The number of hydrogen-bond donors (Lipinski definition) is 1. The van der Waals surface area contributed by atoms with Crippen LogP contribution in [0.4, 0.5) is 0 Å². The van der Waals surface area contributed by atoms with E-state index >= 15 is 0 Å². The van der Waals surface area contributed by atoms with E-state index in [2.05, 4.69) is 19.7 Å². The minimum absolute atomic E-state index is 0. The third-order valence-corrected chi connectivity index (χ3v) is 7.12. The van der Waals surface area contributed by atoms with E-state index in [1.165, 1.54) is 0 Å². The normalized spacial score (nSPS) is 11.2. The van der Waals surface area contributed by atoms with E-state index in [9.17, 15) is 0 Å². The SMILES string of the molecule is Br.C=CC[PH](CC=C)(CC=C)CCO. The van der Waals surface area contributed by atoms with Crippen LogP contribution in [-0.4, -0.2) is 36.4 Å². The molecular formula is C11H22BrOP. The number of aliphatic hydroxyl groups excluding tert-OH is 1. The molecule has 0 heterocycles. The molecule has 0 saturated carbocycles. The number of hydrogen-bond acceptors (Lipinski definition) is 1. The average Bonchev–Trinajstić information content (AvgIpc) is 2.06. The number of rotatable bonds is 8. The molecule has 0 atom stereocenters. The van der Waals surface area contributed by atoms with Gasteiger partial charge in [-0.2, -0.15) is 0 Å². The van der Waals surface area contributed by atoms with Gasteiger partial charge in [0.25, 0.3) is 0 Å². The molecule has 0 amide bonds. The van der Waals surface area contributed by atoms with Crippen LogP contribution in [0.5, 0.6) is 0 Å². The Hall–Kier alpha value is 0.0900. The summed E-state index contributed by atoms with van der Waals surface area (Å²) >= 11 is 0. The van der Waals surface area contributed by atoms with Gasteiger partial charge in [0, 0.05) is 0 Å². The van der Waals surface area contributed by atoms with E-state index in [0.717, 1.165) is 24.6 Å². The van der Waals surface area contributed by atoms with E-state index in [4.69, 9.17) is 5.11 Å². The second-order valence-corrected chi connectivity index (χ2v) is 8.18. The first kappa shape index (κ1) is 16.5. The van der Waals surface area contributed by atoms with Gasteiger partial charge >= 0.3 is 81.6 Å². The summed E-state index contributed by atoms with van der Waals surface area (Å²) in [5.74, 6) is 0. The molecule has 0 aliphatic heterocycles. The van der Waals surface area contributed by atoms with Gasteiger partial charge in [-0.25, -0.2) is 0 Å². The molecule has 0 aliphatic rings. The van der Waals surface area contributed by atoms with Crippen LogP contribution < -0.4 is 0 Å². The standard InChI is InChI=1S/C11H21OP.BrH/c1-4-8-13(9-5-2,10-6-3)11-7-12;/h4-6,12-13H,1-3,7-11H2;1H. The zero-order valence-corrected chi connectivity index (χ0v) is 11.5. The fourth-order valence-corrected chi connectivity index (χ4v) is 5.14. The molecule has 1 N–H and O–H groups in total. The Balaban J connectivity index is 0. The first-order valence-corrected chi connectivity index (χ1v) is 7.51. The third-order valence-electron chi connectivity index (χ3n) is 2.37. The summed E-state index contributed by atoms with van der Waals surface area (Å²) < 4.78 is 0. The molecule has 0 fully saturated rings. The second kappa shape index (κ2) is 9.64. The van der Waals surface area contributed by atoms with Gasteiger partial charge in [0.1, 0.15) is 0 Å². The molecule has 0 radical (unpaired) electrons. The van der Waals surface area contributed by atoms with Crippen molar-refractivity contribution in [1.82, 2.24) is 0 Å². The van der Waals surface area contributed by atoms with Crippen molar-refractivity contribution in [3.05, 3.63) is 38.0 Å². The summed E-state index contributed by atoms with van der Waals surface area (Å²) in [6.07, 6.45) is 9.97. The molecule has 14 heavy (non-hydrogen) atoms. The Kier molecular flexibility index (Phi) is 11.4. The predicted octanol–water partition coefficient (Wildman–Crippen LogP) is 2.86. The van der Waals surface area contributed by atoms with Crippen molar-refractivity contribution in [3.63, 3.8) is 0 Å². The summed E-state index contributed by atoms with van der Waals surface area (Å²) in [4.78, 5) is 0. The molecule has 84 valence electrons. The monoisotopic (exact) mass is 280 g/mol. The van der Waals surface area contributed by atoms with Crippen LogP contribution in [0.1, 0.15) is 0 Å². The fourth-order valence-electron chi connectivity index (χ4n) is 1.71. The van der Waals surface area contributed by atoms with Crippen molar-refractivity contribution in [2.24, 2.45) is 0 Å². The molecule has 0 aromatic rings. The molecule has 0 aromatic carbocycles. The van der Waals surface area contributed by atoms with E-state index in [1.807, 2.05) is 18.2 Å². The van der Waals surface area contributed by atoms with Crippen LogP contribution in [0.2, 0.25) is 0 Å². The van der Waals surface area contributed by atoms with Crippen LogP contribution in [0.3, 0.4) is 0 Å². The maximum absolute atomic E-state index is 9.01. The Bertz CT molecular complexity index is 154. The van der Waals surface area contributed by atoms with Crippen LogP contribution >= 0.6 is 24.2 Å². The van der Waals surface area contributed by atoms with Crippen molar-refractivity contribution < 1.29 is 5.11 Å². The van der Waals surface area contributed by atoms with Crippen molar-refractivity contribution in [3.8, 4) is 0 Å². The number of aliphatic hydroxyl groups is 1. The van der Waals surface area contributed by atoms with Crippen molar-refractivity contribution in [2.75, 3.05) is 31.3 Å². The third kappa shape index (κ3) is 5.74. The summed E-state index contributed by atoms with van der Waals surface area (Å²) in [6, 6.07) is 0. The Morgan fingerprint density at radius 3 is 1.50 bits per heavy atom. The molecule has 0 spiro atoms. The van der Waals surface area contributed by atoms with Gasteiger partial charge in [-0.15, -0.1) is 17.0 Å². The van der Waals surface area contributed by atoms with Gasteiger partial charge in [0.2, 0.25) is 0 Å². The molecule has 0 saturated heterocycles. The van der Waals surface area contributed by atoms with Crippen LogP contribution in [0.15, 0.2) is 38.0 Å². The van der Waals surface area contributed by atoms with Gasteiger partial charge in [0.15, 0.2) is 0 Å². The molecule has 0 unspecified atom stereocenters. The van der Waals surface area contributed by atoms with Crippen molar-refractivity contribution in [1.29, 1.82) is 0 Å². The average molecular weight is 281 g/mol. The van der Waals surface area contributed by atoms with E-state index in [1.54, 1.807) is 0 Å². The quantitative estimate of drug-likeness (QED) is 0.536. The Morgan fingerprint density at radius 2 is 1.29 bits per heavy atom. The Labute approximate surface area is 98.7 Å². The first-order valence-electron chi connectivity index (χ1n) is 4.68. The van der Waals surface area contributed by atoms with Crippen molar-refractivity contribution >= 4 is 24.2 Å². The molecule has 0 aromatic heterocycles. The predicted molar refractivity (Wildman–Crippen MR) is 75.8 cm³/mol.